The van der Waals surface area contributed by atoms with Gasteiger partial charge in [-0.1, -0.05) is 194 Å². The molecule has 0 radical (unpaired) electrons. The van der Waals surface area contributed by atoms with Crippen LogP contribution < -0.4 is 0 Å². The van der Waals surface area contributed by atoms with Gasteiger partial charge in [0.05, 0.1) is 0 Å². The van der Waals surface area contributed by atoms with Crippen LogP contribution in [0.3, 0.4) is 0 Å². The van der Waals surface area contributed by atoms with E-state index in [4.69, 9.17) is 9.05 Å². The predicted molar refractivity (Wildman–Crippen MR) is 180 cm³/mol. The average Bonchev–Trinajstić information content (AvgIpc) is 2.97. The minimum absolute atomic E-state index is 0.272. The van der Waals surface area contributed by atoms with Crippen LogP contribution >= 0.6 is 8.60 Å². The zero-order chi connectivity index (χ0) is 30.8. The van der Waals surface area contributed by atoms with E-state index < -0.39 is 20.5 Å². The third-order valence-corrected chi connectivity index (χ3v) is 9.05. The molecule has 0 aromatic carbocycles. The summed E-state index contributed by atoms with van der Waals surface area (Å²) in [4.78, 5) is 33.7. The zero-order valence-corrected chi connectivity index (χ0v) is 29.0. The van der Waals surface area contributed by atoms with Gasteiger partial charge in [0.1, 0.15) is 0 Å². The topological polar surface area (TPSA) is 72.8 Å². The summed E-state index contributed by atoms with van der Waals surface area (Å²) in [5.74, 6) is -0.948. The molecule has 0 fully saturated rings. The van der Waals surface area contributed by atoms with E-state index in [2.05, 4.69) is 13.8 Å². The van der Waals surface area contributed by atoms with Crippen LogP contribution in [0.15, 0.2) is 0 Å². The standard InChI is InChI=1S/C36H71O5P/c1-3-5-7-9-11-13-15-17-19-21-23-25-27-29-31-33-35(37)40-42(39)41-36(38)34-32-30-28-26-24-22-20-18-16-14-12-10-8-6-4-2/h39H,3-34H2,1-2H3. The van der Waals surface area contributed by atoms with Crippen molar-refractivity contribution >= 4 is 20.5 Å². The second-order valence-electron chi connectivity index (χ2n) is 12.6. The summed E-state index contributed by atoms with van der Waals surface area (Å²) in [5.41, 5.74) is 0. The minimum atomic E-state index is -2.45. The minimum Gasteiger partial charge on any atom is -0.385 e. The molecule has 0 saturated carbocycles. The molecule has 0 amide bonds. The number of hydrogen-bond donors (Lipinski definition) is 1. The molecular formula is C36H71O5P. The van der Waals surface area contributed by atoms with E-state index in [1.165, 1.54) is 154 Å². The smallest absolute Gasteiger partial charge is 0.385 e. The fourth-order valence-corrected chi connectivity index (χ4v) is 6.13. The number of hydrogen-bond acceptors (Lipinski definition) is 5. The van der Waals surface area contributed by atoms with E-state index in [-0.39, 0.29) is 12.8 Å². The van der Waals surface area contributed by atoms with E-state index in [1.807, 2.05) is 0 Å². The van der Waals surface area contributed by atoms with Crippen molar-refractivity contribution in [3.8, 4) is 0 Å². The fourth-order valence-electron chi connectivity index (χ4n) is 5.57. The maximum Gasteiger partial charge on any atom is 0.464 e. The van der Waals surface area contributed by atoms with Gasteiger partial charge in [-0.15, -0.1) is 0 Å². The summed E-state index contributed by atoms with van der Waals surface area (Å²) in [5, 5.41) is 0. The zero-order valence-electron chi connectivity index (χ0n) is 28.2. The lowest BCUT2D eigenvalue weighted by atomic mass is 10.0. The number of rotatable bonds is 34. The second kappa shape index (κ2) is 34.8. The Morgan fingerprint density at radius 2 is 0.571 bits per heavy atom. The van der Waals surface area contributed by atoms with E-state index in [1.54, 1.807) is 0 Å². The molecule has 0 heterocycles. The van der Waals surface area contributed by atoms with Gasteiger partial charge in [0, 0.05) is 12.8 Å². The van der Waals surface area contributed by atoms with Crippen LogP contribution in [0.2, 0.25) is 0 Å². The van der Waals surface area contributed by atoms with Crippen molar-refractivity contribution < 1.29 is 23.5 Å². The van der Waals surface area contributed by atoms with E-state index in [9.17, 15) is 14.5 Å². The molecule has 0 saturated heterocycles. The first-order chi connectivity index (χ1) is 20.6. The summed E-state index contributed by atoms with van der Waals surface area (Å²) in [6.45, 7) is 4.53. The van der Waals surface area contributed by atoms with E-state index in [0.717, 1.165) is 38.5 Å². The van der Waals surface area contributed by atoms with Crippen LogP contribution in [0.25, 0.3) is 0 Å². The molecule has 0 aliphatic rings. The van der Waals surface area contributed by atoms with Crippen LogP contribution in [-0.2, 0) is 18.6 Å². The third kappa shape index (κ3) is 33.8. The Labute approximate surface area is 263 Å². The molecule has 0 unspecified atom stereocenters. The van der Waals surface area contributed by atoms with Crippen molar-refractivity contribution in [2.45, 2.75) is 219 Å². The maximum atomic E-state index is 11.9. The van der Waals surface area contributed by atoms with E-state index >= 15 is 0 Å². The molecule has 0 aromatic rings. The molecule has 42 heavy (non-hydrogen) atoms. The van der Waals surface area contributed by atoms with Gasteiger partial charge in [-0.3, -0.25) is 9.59 Å². The highest BCUT2D eigenvalue weighted by Crippen LogP contribution is 2.34. The Kier molecular flexibility index (Phi) is 34.3. The Morgan fingerprint density at radius 1 is 0.381 bits per heavy atom. The van der Waals surface area contributed by atoms with Gasteiger partial charge in [0.15, 0.2) is 0 Å². The lowest BCUT2D eigenvalue weighted by Crippen LogP contribution is -2.06. The second-order valence-corrected chi connectivity index (χ2v) is 13.4. The highest BCUT2D eigenvalue weighted by molar-refractivity contribution is 7.41. The maximum absolute atomic E-state index is 11.9. The predicted octanol–water partition coefficient (Wildman–Crippen LogP) is 12.8. The first kappa shape index (κ1) is 41.3. The monoisotopic (exact) mass is 615 g/mol. The fraction of sp³-hybridized carbons (Fsp3) is 0.944. The van der Waals surface area contributed by atoms with Crippen molar-refractivity contribution in [3.63, 3.8) is 0 Å². The molecule has 0 aliphatic heterocycles. The third-order valence-electron chi connectivity index (χ3n) is 8.33. The summed E-state index contributed by atoms with van der Waals surface area (Å²) in [6, 6.07) is 0. The number of unbranched alkanes of at least 4 members (excludes halogenated alkanes) is 28. The molecule has 0 spiro atoms. The van der Waals surface area contributed by atoms with Crippen LogP contribution in [0.5, 0.6) is 0 Å². The Hall–Kier alpha value is -0.670. The van der Waals surface area contributed by atoms with E-state index in [0.29, 0.717) is 0 Å². The molecular weight excluding hydrogens is 543 g/mol. The van der Waals surface area contributed by atoms with Crippen molar-refractivity contribution in [2.75, 3.05) is 0 Å². The Balaban J connectivity index is 3.39. The van der Waals surface area contributed by atoms with Crippen molar-refractivity contribution in [3.05, 3.63) is 0 Å². The largest absolute Gasteiger partial charge is 0.464 e. The van der Waals surface area contributed by atoms with Gasteiger partial charge in [0.25, 0.3) is 0 Å². The molecule has 0 aliphatic carbocycles. The van der Waals surface area contributed by atoms with Crippen molar-refractivity contribution in [2.24, 2.45) is 0 Å². The summed E-state index contributed by atoms with van der Waals surface area (Å²) < 4.78 is 9.81. The first-order valence-corrected chi connectivity index (χ1v) is 19.6. The average molecular weight is 615 g/mol. The van der Waals surface area contributed by atoms with Crippen LogP contribution in [-0.4, -0.2) is 16.8 Å². The highest BCUT2D eigenvalue weighted by atomic mass is 31.2. The normalized spacial score (nSPS) is 11.3. The molecule has 1 N–H and O–H groups in total. The van der Waals surface area contributed by atoms with Gasteiger partial charge in [-0.25, -0.2) is 0 Å². The first-order valence-electron chi connectivity index (χ1n) is 18.5. The molecule has 0 atom stereocenters. The molecule has 250 valence electrons. The highest BCUT2D eigenvalue weighted by Gasteiger charge is 2.18. The van der Waals surface area contributed by atoms with Gasteiger partial charge in [-0.2, -0.15) is 0 Å². The van der Waals surface area contributed by atoms with Crippen molar-refractivity contribution in [1.82, 2.24) is 0 Å². The lowest BCUT2D eigenvalue weighted by molar-refractivity contribution is -0.138. The SMILES string of the molecule is CCCCCCCCCCCCCCCCCC(=O)OP(O)OC(=O)CCCCCCCCCCCCCCCCC. The van der Waals surface area contributed by atoms with Gasteiger partial charge >= 0.3 is 20.5 Å². The molecule has 0 rings (SSSR count). The summed E-state index contributed by atoms with van der Waals surface area (Å²) in [6.07, 6.45) is 38.8. The summed E-state index contributed by atoms with van der Waals surface area (Å²) in [7, 11) is -2.45. The summed E-state index contributed by atoms with van der Waals surface area (Å²) >= 11 is 0. The van der Waals surface area contributed by atoms with Crippen LogP contribution in [0.4, 0.5) is 0 Å². The molecule has 0 bridgehead atoms. The number of carbonyl (C=O) groups is 2. The van der Waals surface area contributed by atoms with Crippen LogP contribution in [0.1, 0.15) is 219 Å². The molecule has 6 heteroatoms. The Bertz CT molecular complexity index is 523. The van der Waals surface area contributed by atoms with Crippen molar-refractivity contribution in [1.29, 1.82) is 0 Å². The number of carbonyl (C=O) groups excluding carboxylic acids is 2. The van der Waals surface area contributed by atoms with Gasteiger partial charge in [-0.05, 0) is 12.8 Å². The van der Waals surface area contributed by atoms with Gasteiger partial charge < -0.3 is 13.9 Å². The lowest BCUT2D eigenvalue weighted by Gasteiger charge is -2.10. The quantitative estimate of drug-likeness (QED) is 0.0576. The molecule has 5 nitrogen and oxygen atoms in total. The van der Waals surface area contributed by atoms with Gasteiger partial charge in [0.2, 0.25) is 0 Å². The Morgan fingerprint density at radius 3 is 0.786 bits per heavy atom. The molecule has 0 aromatic heterocycles. The van der Waals surface area contributed by atoms with Crippen LogP contribution in [0, 0.1) is 0 Å².